The summed E-state index contributed by atoms with van der Waals surface area (Å²) in [7, 11) is 1.64. The third-order valence-electron chi connectivity index (χ3n) is 2.67. The highest BCUT2D eigenvalue weighted by molar-refractivity contribution is 7.09. The summed E-state index contributed by atoms with van der Waals surface area (Å²) in [5.74, 6) is 0. The molecule has 0 aromatic carbocycles. The zero-order valence-electron chi connectivity index (χ0n) is 9.01. The van der Waals surface area contributed by atoms with Gasteiger partial charge < -0.3 is 9.84 Å². The van der Waals surface area contributed by atoms with Crippen LogP contribution in [0.1, 0.15) is 10.7 Å². The van der Waals surface area contributed by atoms with E-state index in [1.54, 1.807) is 18.4 Å². The van der Waals surface area contributed by atoms with Crippen molar-refractivity contribution in [3.63, 3.8) is 0 Å². The Hall–Kier alpha value is -0.490. The second-order valence-corrected chi connectivity index (χ2v) is 4.96. The zero-order valence-corrected chi connectivity index (χ0v) is 9.83. The molecule has 2 rings (SSSR count). The summed E-state index contributed by atoms with van der Waals surface area (Å²) >= 11 is 1.66. The highest BCUT2D eigenvalue weighted by Gasteiger charge is 2.31. The van der Waals surface area contributed by atoms with Crippen LogP contribution in [0.2, 0.25) is 0 Å². The monoisotopic (exact) mass is 228 g/mol. The predicted molar refractivity (Wildman–Crippen MR) is 58.9 cm³/mol. The minimum absolute atomic E-state index is 0.0512. The van der Waals surface area contributed by atoms with Crippen molar-refractivity contribution in [3.8, 4) is 0 Å². The fourth-order valence-electron chi connectivity index (χ4n) is 1.90. The van der Waals surface area contributed by atoms with E-state index in [1.165, 1.54) is 0 Å². The minimum Gasteiger partial charge on any atom is -0.389 e. The number of aliphatic hydroxyl groups excluding tert-OH is 1. The van der Waals surface area contributed by atoms with Gasteiger partial charge in [-0.1, -0.05) is 0 Å². The van der Waals surface area contributed by atoms with Crippen LogP contribution in [-0.2, 0) is 11.3 Å². The normalized spacial score (nSPS) is 27.4. The number of methoxy groups -OCH3 is 1. The van der Waals surface area contributed by atoms with Gasteiger partial charge in [0.05, 0.1) is 22.9 Å². The lowest BCUT2D eigenvalue weighted by Gasteiger charge is -2.12. The van der Waals surface area contributed by atoms with Gasteiger partial charge in [0.1, 0.15) is 0 Å². The van der Waals surface area contributed by atoms with Crippen LogP contribution >= 0.6 is 11.3 Å². The number of hydrogen-bond acceptors (Lipinski definition) is 5. The lowest BCUT2D eigenvalue weighted by molar-refractivity contribution is 0.0214. The highest BCUT2D eigenvalue weighted by Crippen LogP contribution is 2.17. The number of likely N-dealkylation sites (tertiary alicyclic amines) is 1. The Balaban J connectivity index is 1.92. The van der Waals surface area contributed by atoms with E-state index in [0.29, 0.717) is 6.54 Å². The van der Waals surface area contributed by atoms with Crippen LogP contribution in [-0.4, -0.2) is 47.4 Å². The molecule has 0 unspecified atom stereocenters. The molecular formula is C10H16N2O2S. The predicted octanol–water partition coefficient (Wildman–Crippen LogP) is 0.643. The van der Waals surface area contributed by atoms with Gasteiger partial charge in [-0.25, -0.2) is 4.98 Å². The number of ether oxygens (including phenoxy) is 1. The Morgan fingerprint density at radius 2 is 2.47 bits per heavy atom. The van der Waals surface area contributed by atoms with Crippen molar-refractivity contribution in [1.82, 2.24) is 9.88 Å². The number of aromatic nitrogens is 1. The number of rotatable bonds is 3. The van der Waals surface area contributed by atoms with E-state index in [1.807, 2.05) is 6.92 Å². The molecule has 15 heavy (non-hydrogen) atoms. The first-order valence-electron chi connectivity index (χ1n) is 5.03. The Morgan fingerprint density at radius 3 is 3.00 bits per heavy atom. The van der Waals surface area contributed by atoms with Crippen LogP contribution in [0.3, 0.4) is 0 Å². The molecule has 1 saturated heterocycles. The van der Waals surface area contributed by atoms with Crippen LogP contribution in [0.5, 0.6) is 0 Å². The zero-order chi connectivity index (χ0) is 10.8. The van der Waals surface area contributed by atoms with Gasteiger partial charge in [0.15, 0.2) is 0 Å². The molecular weight excluding hydrogens is 212 g/mol. The van der Waals surface area contributed by atoms with Crippen molar-refractivity contribution < 1.29 is 9.84 Å². The van der Waals surface area contributed by atoms with E-state index in [2.05, 4.69) is 15.3 Å². The van der Waals surface area contributed by atoms with Crippen molar-refractivity contribution in [2.75, 3.05) is 20.2 Å². The van der Waals surface area contributed by atoms with Crippen molar-refractivity contribution in [1.29, 1.82) is 0 Å². The first-order valence-corrected chi connectivity index (χ1v) is 5.91. The lowest BCUT2D eigenvalue weighted by Crippen LogP contribution is -2.25. The standard InChI is InChI=1S/C10H16N2O2S/c1-7-11-8(6-15-7)3-12-4-9(13)10(5-12)14-2/h6,9-10,13H,3-5H2,1-2H3/t9-,10-/m0/s1. The fraction of sp³-hybridized carbons (Fsp3) is 0.700. The maximum Gasteiger partial charge on any atom is 0.0969 e. The molecule has 0 amide bonds. The van der Waals surface area contributed by atoms with E-state index in [0.717, 1.165) is 23.8 Å². The van der Waals surface area contributed by atoms with Gasteiger partial charge in [0.25, 0.3) is 0 Å². The molecule has 1 aliphatic heterocycles. The molecule has 0 aliphatic carbocycles. The average molecular weight is 228 g/mol. The maximum absolute atomic E-state index is 9.66. The average Bonchev–Trinajstić information content (AvgIpc) is 2.73. The molecule has 84 valence electrons. The summed E-state index contributed by atoms with van der Waals surface area (Å²) < 4.78 is 5.19. The molecule has 1 fully saturated rings. The summed E-state index contributed by atoms with van der Waals surface area (Å²) in [5.41, 5.74) is 1.08. The third-order valence-corrected chi connectivity index (χ3v) is 3.49. The Labute approximate surface area is 93.5 Å². The number of β-amino-alcohol motifs (C(OH)–C–C–N with tert-alkyl or cyclic N) is 1. The molecule has 2 atom stereocenters. The molecule has 1 N–H and O–H groups in total. The second kappa shape index (κ2) is 4.57. The van der Waals surface area contributed by atoms with Gasteiger partial charge in [0, 0.05) is 32.1 Å². The van der Waals surface area contributed by atoms with Gasteiger partial charge >= 0.3 is 0 Å². The molecule has 0 saturated carbocycles. The van der Waals surface area contributed by atoms with Gasteiger partial charge in [-0.3, -0.25) is 4.90 Å². The van der Waals surface area contributed by atoms with Crippen LogP contribution in [0.15, 0.2) is 5.38 Å². The molecule has 1 aliphatic rings. The molecule has 4 nitrogen and oxygen atoms in total. The SMILES string of the molecule is CO[C@H]1CN(Cc2csc(C)n2)C[C@@H]1O. The summed E-state index contributed by atoms with van der Waals surface area (Å²) in [4.78, 5) is 6.58. The van der Waals surface area contributed by atoms with Crippen molar-refractivity contribution in [2.45, 2.75) is 25.7 Å². The van der Waals surface area contributed by atoms with Crippen LogP contribution in [0, 0.1) is 6.92 Å². The molecule has 0 spiro atoms. The largest absolute Gasteiger partial charge is 0.389 e. The number of aryl methyl sites for hydroxylation is 1. The number of aliphatic hydroxyl groups is 1. The number of thiazole rings is 1. The first kappa shape index (κ1) is 11.0. The van der Waals surface area contributed by atoms with Crippen LogP contribution in [0.25, 0.3) is 0 Å². The maximum atomic E-state index is 9.66. The topological polar surface area (TPSA) is 45.6 Å². The van der Waals surface area contributed by atoms with E-state index in [9.17, 15) is 5.11 Å². The van der Waals surface area contributed by atoms with Crippen LogP contribution < -0.4 is 0 Å². The second-order valence-electron chi connectivity index (χ2n) is 3.89. The molecule has 1 aromatic rings. The van der Waals surface area contributed by atoms with Crippen LogP contribution in [0.4, 0.5) is 0 Å². The Morgan fingerprint density at radius 1 is 1.67 bits per heavy atom. The summed E-state index contributed by atoms with van der Waals surface area (Å²) in [5, 5.41) is 12.8. The lowest BCUT2D eigenvalue weighted by atomic mass is 10.3. The summed E-state index contributed by atoms with van der Waals surface area (Å²) in [6.45, 7) is 4.27. The smallest absolute Gasteiger partial charge is 0.0969 e. The van der Waals surface area contributed by atoms with Crippen molar-refractivity contribution in [2.24, 2.45) is 0 Å². The van der Waals surface area contributed by atoms with Crippen molar-refractivity contribution in [3.05, 3.63) is 16.1 Å². The summed E-state index contributed by atoms with van der Waals surface area (Å²) in [6.07, 6.45) is -0.417. The molecule has 0 radical (unpaired) electrons. The molecule has 0 bridgehead atoms. The molecule has 2 heterocycles. The first-order chi connectivity index (χ1) is 7.19. The van der Waals surface area contributed by atoms with E-state index < -0.39 is 0 Å². The van der Waals surface area contributed by atoms with Gasteiger partial charge in [0.2, 0.25) is 0 Å². The van der Waals surface area contributed by atoms with Gasteiger partial charge in [-0.05, 0) is 6.92 Å². The third kappa shape index (κ3) is 2.55. The molecule has 5 heteroatoms. The van der Waals surface area contributed by atoms with E-state index in [4.69, 9.17) is 4.74 Å². The highest BCUT2D eigenvalue weighted by atomic mass is 32.1. The van der Waals surface area contributed by atoms with Crippen molar-refractivity contribution >= 4 is 11.3 Å². The fourth-order valence-corrected chi connectivity index (χ4v) is 2.51. The Kier molecular flexibility index (Phi) is 3.35. The van der Waals surface area contributed by atoms with E-state index in [-0.39, 0.29) is 12.2 Å². The van der Waals surface area contributed by atoms with E-state index >= 15 is 0 Å². The van der Waals surface area contributed by atoms with Gasteiger partial charge in [-0.15, -0.1) is 11.3 Å². The number of nitrogens with zero attached hydrogens (tertiary/aromatic N) is 2. The summed E-state index contributed by atoms with van der Waals surface area (Å²) in [6, 6.07) is 0. The molecule has 1 aromatic heterocycles. The van der Waals surface area contributed by atoms with Gasteiger partial charge in [-0.2, -0.15) is 0 Å². The minimum atomic E-state index is -0.366. The quantitative estimate of drug-likeness (QED) is 0.825. The Bertz CT molecular complexity index is 329. The number of hydrogen-bond donors (Lipinski definition) is 1.